The molecule has 7 nitrogen and oxygen atoms in total. The van der Waals surface area contributed by atoms with Crippen molar-refractivity contribution in [3.05, 3.63) is 527 Å². The fraction of sp³-hybridized carbons (Fsp3) is 0.0227. The third-order valence-electron chi connectivity index (χ3n) is 27.9. The lowest BCUT2D eigenvalue weighted by Gasteiger charge is -2.21. The molecular formula is C132H91N7. The van der Waals surface area contributed by atoms with Crippen molar-refractivity contribution in [1.29, 1.82) is 0 Å². The van der Waals surface area contributed by atoms with Crippen molar-refractivity contribution in [3.8, 4) is 146 Å². The van der Waals surface area contributed by atoms with Gasteiger partial charge in [0.05, 0.1) is 44.1 Å². The van der Waals surface area contributed by atoms with Gasteiger partial charge in [-0.15, -0.1) is 0 Å². The number of rotatable bonds is 14. The summed E-state index contributed by atoms with van der Waals surface area (Å²) in [6.07, 6.45) is 0. The van der Waals surface area contributed by atoms with Crippen LogP contribution in [-0.2, 0) is 5.41 Å². The molecule has 0 radical (unpaired) electrons. The van der Waals surface area contributed by atoms with Crippen LogP contribution in [0.2, 0.25) is 0 Å². The van der Waals surface area contributed by atoms with Crippen molar-refractivity contribution in [2.45, 2.75) is 19.3 Å². The van der Waals surface area contributed by atoms with Gasteiger partial charge in [0.15, 0.2) is 17.5 Å². The Kier molecular flexibility index (Phi) is 20.8. The second-order valence-electron chi connectivity index (χ2n) is 36.6. The maximum atomic E-state index is 5.01. The van der Waals surface area contributed by atoms with Crippen LogP contribution in [0.3, 0.4) is 0 Å². The quantitative estimate of drug-likeness (QED) is 0.109. The molecule has 21 aromatic carbocycles. The number of hydrogen-bond acceptors (Lipinski definition) is 3. The minimum atomic E-state index is -0.0100. The molecule has 0 atom stereocenters. The summed E-state index contributed by atoms with van der Waals surface area (Å²) in [6, 6.07) is 185. The molecule has 0 bridgehead atoms. The predicted molar refractivity (Wildman–Crippen MR) is 582 cm³/mol. The van der Waals surface area contributed by atoms with E-state index in [1.165, 1.54) is 176 Å². The predicted octanol–water partition coefficient (Wildman–Crippen LogP) is 34.6. The van der Waals surface area contributed by atoms with Crippen molar-refractivity contribution >= 4 is 87.2 Å². The molecule has 26 aromatic rings. The van der Waals surface area contributed by atoms with Gasteiger partial charge in [0.2, 0.25) is 0 Å². The summed E-state index contributed by atoms with van der Waals surface area (Å²) < 4.78 is 9.61. The van der Waals surface area contributed by atoms with E-state index < -0.39 is 0 Å². The SMILES string of the molecule is CC1(C)c2ccccc2-c2cc(-c3ccc4c(c3)c3ccccc3n4-c3cccc(-c4nc(-c5ccccc5)nc(-c5ccccc5)n4)c3)ccc21.c1ccc(-c2cc(-c3ccccc3)cc(-c3cc(-n4c5ccccc5c5ccccc54)cc(-n4c5ccccc5c5ccccc54)c3)c2)cc1.c1ccc(-c2cc(-c3ccccc3)cc(-c3cccc(-n4c5ccccc5c5ccccc54)c3)c2)cc1. The lowest BCUT2D eigenvalue weighted by molar-refractivity contribution is 0.660. The molecule has 5 aromatic heterocycles. The summed E-state index contributed by atoms with van der Waals surface area (Å²) in [5.41, 5.74) is 39.2. The standard InChI is InChI=1S/C48H34N4.C48H32N2.C36H25N/c1-48(2)41-22-11-9-20-37(41)39-29-33(24-26-42(39)48)34-25-27-44-40(30-34)38-21-10-12-23-43(38)52(44)36-19-13-18-35(28-36)47-50-45(31-14-5-3-6-15-31)49-46(51-47)32-16-7-4-8-17-32;1-3-15-33(16-4-1)35-27-36(34-17-5-2-6-18-34)29-37(28-35)38-30-39(49-45-23-11-7-19-41(45)42-20-8-12-24-46(42)49)32-40(31-38)50-47-25-13-9-21-43(47)44-22-10-14-26-48(44)50;1-3-12-26(13-4-1)29-22-30(27-14-5-2-6-15-27)24-31(23-29)28-16-11-17-32(25-28)37-35-20-9-7-18-33(35)34-19-8-10-21-36(34)37/h3-30H,1-2H3;1-32H;1-25H. The molecule has 7 heteroatoms. The molecule has 0 amide bonds. The number of nitrogens with zero attached hydrogens (tertiary/aromatic N) is 7. The molecule has 139 heavy (non-hydrogen) atoms. The normalized spacial score (nSPS) is 12.0. The number of fused-ring (bicyclic) bond motifs is 15. The maximum absolute atomic E-state index is 5.01. The van der Waals surface area contributed by atoms with Gasteiger partial charge in [-0.3, -0.25) is 0 Å². The first kappa shape index (κ1) is 82.7. The van der Waals surface area contributed by atoms with E-state index in [1.54, 1.807) is 0 Å². The first-order valence-corrected chi connectivity index (χ1v) is 47.7. The Hall–Kier alpha value is -18.2. The van der Waals surface area contributed by atoms with Crippen LogP contribution in [-0.4, -0.2) is 33.2 Å². The Balaban J connectivity index is 0.000000112. The number of hydrogen-bond donors (Lipinski definition) is 0. The van der Waals surface area contributed by atoms with Crippen LogP contribution in [0.4, 0.5) is 0 Å². The zero-order valence-electron chi connectivity index (χ0n) is 76.7. The van der Waals surface area contributed by atoms with E-state index in [0.29, 0.717) is 17.5 Å². The highest BCUT2D eigenvalue weighted by Gasteiger charge is 2.35. The van der Waals surface area contributed by atoms with Crippen LogP contribution in [0.25, 0.3) is 233 Å². The molecule has 1 aliphatic rings. The van der Waals surface area contributed by atoms with Gasteiger partial charge in [0.1, 0.15) is 0 Å². The molecule has 0 saturated heterocycles. The van der Waals surface area contributed by atoms with Crippen molar-refractivity contribution in [2.75, 3.05) is 0 Å². The third-order valence-corrected chi connectivity index (χ3v) is 27.9. The van der Waals surface area contributed by atoms with Crippen LogP contribution < -0.4 is 0 Å². The van der Waals surface area contributed by atoms with Crippen LogP contribution in [0, 0.1) is 0 Å². The second-order valence-corrected chi connectivity index (χ2v) is 36.6. The summed E-state index contributed by atoms with van der Waals surface area (Å²) in [7, 11) is 0. The highest BCUT2D eigenvalue weighted by Crippen LogP contribution is 2.51. The summed E-state index contributed by atoms with van der Waals surface area (Å²) >= 11 is 0. The van der Waals surface area contributed by atoms with Gasteiger partial charge in [-0.2, -0.15) is 0 Å². The Morgan fingerprint density at radius 2 is 0.388 bits per heavy atom. The summed E-state index contributed by atoms with van der Waals surface area (Å²) in [5, 5.41) is 10.0. The lowest BCUT2D eigenvalue weighted by Crippen LogP contribution is -2.14. The smallest absolute Gasteiger partial charge is 0.164 e. The number of para-hydroxylation sites is 7. The van der Waals surface area contributed by atoms with Crippen molar-refractivity contribution in [3.63, 3.8) is 0 Å². The average molecular weight is 1780 g/mol. The molecular weight excluding hydrogens is 1680 g/mol. The largest absolute Gasteiger partial charge is 0.309 e. The monoisotopic (exact) mass is 1770 g/mol. The molecule has 0 aliphatic heterocycles. The van der Waals surface area contributed by atoms with E-state index >= 15 is 0 Å². The van der Waals surface area contributed by atoms with Crippen LogP contribution in [0.1, 0.15) is 25.0 Å². The molecule has 654 valence electrons. The molecule has 1 aliphatic carbocycles. The maximum Gasteiger partial charge on any atom is 0.164 e. The number of aromatic nitrogens is 7. The topological polar surface area (TPSA) is 58.4 Å². The first-order chi connectivity index (χ1) is 68.7. The highest BCUT2D eigenvalue weighted by atomic mass is 15.0. The lowest BCUT2D eigenvalue weighted by atomic mass is 9.82. The number of benzene rings is 21. The highest BCUT2D eigenvalue weighted by molar-refractivity contribution is 6.14. The van der Waals surface area contributed by atoms with Crippen LogP contribution in [0.5, 0.6) is 0 Å². The minimum absolute atomic E-state index is 0.0100. The first-order valence-electron chi connectivity index (χ1n) is 47.7. The molecule has 0 fully saturated rings. The van der Waals surface area contributed by atoms with Gasteiger partial charge in [-0.25, -0.2) is 15.0 Å². The molecule has 0 spiro atoms. The zero-order chi connectivity index (χ0) is 92.4. The van der Waals surface area contributed by atoms with E-state index in [1.807, 2.05) is 60.7 Å². The minimum Gasteiger partial charge on any atom is -0.309 e. The van der Waals surface area contributed by atoms with E-state index in [0.717, 1.165) is 50.3 Å². The van der Waals surface area contributed by atoms with E-state index in [9.17, 15) is 0 Å². The second kappa shape index (κ2) is 35.0. The summed E-state index contributed by atoms with van der Waals surface area (Å²) in [6.45, 7) is 4.66. The van der Waals surface area contributed by atoms with Gasteiger partial charge < -0.3 is 18.3 Å². The van der Waals surface area contributed by atoms with Crippen LogP contribution in [0.15, 0.2) is 516 Å². The van der Waals surface area contributed by atoms with Crippen molar-refractivity contribution in [1.82, 2.24) is 33.2 Å². The Morgan fingerprint density at radius 1 is 0.144 bits per heavy atom. The summed E-state index contributed by atoms with van der Waals surface area (Å²) in [4.78, 5) is 14.9. The summed E-state index contributed by atoms with van der Waals surface area (Å²) in [5.74, 6) is 1.94. The fourth-order valence-corrected chi connectivity index (χ4v) is 21.3. The van der Waals surface area contributed by atoms with E-state index in [2.05, 4.69) is 487 Å². The Bertz CT molecular complexity index is 8740. The average Bonchev–Trinajstić information content (AvgIpc) is 1.58. The van der Waals surface area contributed by atoms with Gasteiger partial charge in [0, 0.05) is 87.9 Å². The zero-order valence-corrected chi connectivity index (χ0v) is 76.7. The van der Waals surface area contributed by atoms with Gasteiger partial charge in [-0.05, 0) is 240 Å². The Labute approximate surface area is 806 Å². The third kappa shape index (κ3) is 15.1. The van der Waals surface area contributed by atoms with E-state index in [4.69, 9.17) is 15.0 Å². The molecule has 0 saturated carbocycles. The van der Waals surface area contributed by atoms with Crippen LogP contribution >= 0.6 is 0 Å². The molecule has 5 heterocycles. The van der Waals surface area contributed by atoms with Gasteiger partial charge in [-0.1, -0.05) is 390 Å². The fourth-order valence-electron chi connectivity index (χ4n) is 21.3. The molecule has 0 unspecified atom stereocenters. The Morgan fingerprint density at radius 3 is 0.777 bits per heavy atom. The van der Waals surface area contributed by atoms with Gasteiger partial charge >= 0.3 is 0 Å². The van der Waals surface area contributed by atoms with Crippen molar-refractivity contribution < 1.29 is 0 Å². The van der Waals surface area contributed by atoms with Gasteiger partial charge in [0.25, 0.3) is 0 Å². The molecule has 27 rings (SSSR count). The van der Waals surface area contributed by atoms with Crippen molar-refractivity contribution in [2.24, 2.45) is 0 Å². The van der Waals surface area contributed by atoms with E-state index in [-0.39, 0.29) is 5.41 Å². The molecule has 0 N–H and O–H groups in total.